The van der Waals surface area contributed by atoms with Crippen LogP contribution < -0.4 is 10.6 Å². The van der Waals surface area contributed by atoms with E-state index in [1.165, 1.54) is 0 Å². The van der Waals surface area contributed by atoms with Gasteiger partial charge in [-0.2, -0.15) is 0 Å². The van der Waals surface area contributed by atoms with Crippen molar-refractivity contribution in [2.24, 2.45) is 0 Å². The van der Waals surface area contributed by atoms with Gasteiger partial charge in [-0.25, -0.2) is 0 Å². The van der Waals surface area contributed by atoms with Crippen molar-refractivity contribution in [2.75, 3.05) is 26.2 Å². The van der Waals surface area contributed by atoms with E-state index in [1.54, 1.807) is 4.90 Å². The Bertz CT molecular complexity index is 649. The molecule has 2 amide bonds. The average Bonchev–Trinajstić information content (AvgIpc) is 2.63. The van der Waals surface area contributed by atoms with Crippen LogP contribution in [0.5, 0.6) is 0 Å². The zero-order valence-electron chi connectivity index (χ0n) is 13.4. The molecule has 1 heterocycles. The van der Waals surface area contributed by atoms with Gasteiger partial charge in [0.1, 0.15) is 0 Å². The molecule has 0 spiro atoms. The number of rotatable bonds is 5. The molecule has 0 radical (unpaired) electrons. The van der Waals surface area contributed by atoms with Crippen molar-refractivity contribution in [2.45, 2.75) is 6.04 Å². The van der Waals surface area contributed by atoms with E-state index < -0.39 is 0 Å². The highest BCUT2D eigenvalue weighted by atomic mass is 16.2. The minimum absolute atomic E-state index is 0.0540. The van der Waals surface area contributed by atoms with Crippen LogP contribution in [0.15, 0.2) is 60.7 Å². The molecule has 3 rings (SSSR count). The predicted molar refractivity (Wildman–Crippen MR) is 92.3 cm³/mol. The lowest BCUT2D eigenvalue weighted by molar-refractivity contribution is -0.137. The Hall–Kier alpha value is -2.66. The monoisotopic (exact) mass is 323 g/mol. The maximum absolute atomic E-state index is 12.4. The minimum Gasteiger partial charge on any atom is -0.353 e. The SMILES string of the molecule is O=C1CN(C(=O)CNC(c2ccccc2)c2ccccc2)CCN1. The second kappa shape index (κ2) is 7.75. The molecule has 124 valence electrons. The van der Waals surface area contributed by atoms with E-state index in [4.69, 9.17) is 0 Å². The Balaban J connectivity index is 1.71. The van der Waals surface area contributed by atoms with Gasteiger partial charge in [-0.15, -0.1) is 0 Å². The Labute approximate surface area is 141 Å². The van der Waals surface area contributed by atoms with Crippen LogP contribution in [0, 0.1) is 0 Å². The Morgan fingerprint density at radius 2 is 1.62 bits per heavy atom. The molecule has 0 aliphatic carbocycles. The van der Waals surface area contributed by atoms with E-state index in [9.17, 15) is 9.59 Å². The fourth-order valence-corrected chi connectivity index (χ4v) is 2.87. The summed E-state index contributed by atoms with van der Waals surface area (Å²) in [4.78, 5) is 25.4. The minimum atomic E-state index is -0.0998. The molecular formula is C19H21N3O2. The topological polar surface area (TPSA) is 61.4 Å². The summed E-state index contributed by atoms with van der Waals surface area (Å²) in [7, 11) is 0. The van der Waals surface area contributed by atoms with Gasteiger partial charge in [0.25, 0.3) is 0 Å². The number of hydrogen-bond acceptors (Lipinski definition) is 3. The van der Waals surface area contributed by atoms with Gasteiger partial charge in [0.05, 0.1) is 19.1 Å². The molecule has 0 aromatic heterocycles. The van der Waals surface area contributed by atoms with E-state index in [1.807, 2.05) is 60.7 Å². The summed E-state index contributed by atoms with van der Waals surface area (Å²) in [5.74, 6) is -0.154. The highest BCUT2D eigenvalue weighted by Crippen LogP contribution is 2.21. The van der Waals surface area contributed by atoms with Crippen LogP contribution in [0.25, 0.3) is 0 Å². The van der Waals surface area contributed by atoms with Crippen molar-refractivity contribution < 1.29 is 9.59 Å². The zero-order chi connectivity index (χ0) is 16.8. The molecule has 1 aliphatic heterocycles. The van der Waals surface area contributed by atoms with Crippen LogP contribution in [0.2, 0.25) is 0 Å². The summed E-state index contributed by atoms with van der Waals surface area (Å²) in [6.07, 6.45) is 0. The maximum Gasteiger partial charge on any atom is 0.239 e. The summed E-state index contributed by atoms with van der Waals surface area (Å²) in [5, 5.41) is 6.07. The molecular weight excluding hydrogens is 302 g/mol. The van der Waals surface area contributed by atoms with Crippen LogP contribution in [0.4, 0.5) is 0 Å². The number of carbonyl (C=O) groups excluding carboxylic acids is 2. The van der Waals surface area contributed by atoms with E-state index in [2.05, 4.69) is 10.6 Å². The number of amides is 2. The fourth-order valence-electron chi connectivity index (χ4n) is 2.87. The summed E-state index contributed by atoms with van der Waals surface area (Å²) in [6, 6.07) is 20.0. The third-order valence-electron chi connectivity index (χ3n) is 4.11. The lowest BCUT2D eigenvalue weighted by Gasteiger charge is -2.28. The lowest BCUT2D eigenvalue weighted by atomic mass is 9.99. The summed E-state index contributed by atoms with van der Waals surface area (Å²) in [5.41, 5.74) is 2.21. The Kier molecular flexibility index (Phi) is 5.23. The first-order valence-corrected chi connectivity index (χ1v) is 8.12. The molecule has 24 heavy (non-hydrogen) atoms. The van der Waals surface area contributed by atoms with Crippen molar-refractivity contribution in [3.63, 3.8) is 0 Å². The number of carbonyl (C=O) groups is 2. The van der Waals surface area contributed by atoms with Gasteiger partial charge < -0.3 is 10.2 Å². The molecule has 0 atom stereocenters. The third-order valence-corrected chi connectivity index (χ3v) is 4.11. The highest BCUT2D eigenvalue weighted by molar-refractivity contribution is 5.86. The van der Waals surface area contributed by atoms with E-state index >= 15 is 0 Å². The van der Waals surface area contributed by atoms with Gasteiger partial charge in [-0.3, -0.25) is 14.9 Å². The smallest absolute Gasteiger partial charge is 0.239 e. The molecule has 0 bridgehead atoms. The number of hydrogen-bond donors (Lipinski definition) is 2. The second-order valence-corrected chi connectivity index (χ2v) is 5.80. The molecule has 5 nitrogen and oxygen atoms in total. The van der Waals surface area contributed by atoms with Crippen molar-refractivity contribution >= 4 is 11.8 Å². The highest BCUT2D eigenvalue weighted by Gasteiger charge is 2.22. The van der Waals surface area contributed by atoms with E-state index in [-0.39, 0.29) is 30.9 Å². The normalized spacial score (nSPS) is 14.5. The molecule has 1 saturated heterocycles. The number of nitrogens with one attached hydrogen (secondary N) is 2. The van der Waals surface area contributed by atoms with Crippen LogP contribution >= 0.6 is 0 Å². The Morgan fingerprint density at radius 1 is 1.04 bits per heavy atom. The van der Waals surface area contributed by atoms with Crippen molar-refractivity contribution in [3.05, 3.63) is 71.8 Å². The van der Waals surface area contributed by atoms with Crippen LogP contribution in [0.3, 0.4) is 0 Å². The molecule has 2 aromatic carbocycles. The molecule has 1 aliphatic rings. The second-order valence-electron chi connectivity index (χ2n) is 5.80. The van der Waals surface area contributed by atoms with E-state index in [0.717, 1.165) is 11.1 Å². The van der Waals surface area contributed by atoms with Gasteiger partial charge in [0.2, 0.25) is 11.8 Å². The predicted octanol–water partition coefficient (Wildman–Crippen LogP) is 1.32. The molecule has 0 unspecified atom stereocenters. The first-order chi connectivity index (χ1) is 11.7. The van der Waals surface area contributed by atoms with Gasteiger partial charge >= 0.3 is 0 Å². The fraction of sp³-hybridized carbons (Fsp3) is 0.263. The van der Waals surface area contributed by atoms with Gasteiger partial charge in [-0.05, 0) is 11.1 Å². The first-order valence-electron chi connectivity index (χ1n) is 8.12. The van der Waals surface area contributed by atoms with Gasteiger partial charge in [0, 0.05) is 13.1 Å². The molecule has 2 aromatic rings. The van der Waals surface area contributed by atoms with Gasteiger partial charge in [0.15, 0.2) is 0 Å². The molecule has 0 saturated carbocycles. The zero-order valence-corrected chi connectivity index (χ0v) is 13.4. The number of nitrogens with zero attached hydrogens (tertiary/aromatic N) is 1. The third kappa shape index (κ3) is 4.00. The summed E-state index contributed by atoms with van der Waals surface area (Å²) >= 11 is 0. The van der Waals surface area contributed by atoms with Gasteiger partial charge in [-0.1, -0.05) is 60.7 Å². The van der Waals surface area contributed by atoms with E-state index in [0.29, 0.717) is 13.1 Å². The maximum atomic E-state index is 12.4. The standard InChI is InChI=1S/C19H21N3O2/c23-17-14-22(12-11-20-17)18(24)13-21-19(15-7-3-1-4-8-15)16-9-5-2-6-10-16/h1-10,19,21H,11-14H2,(H,20,23). The number of piperazine rings is 1. The van der Waals surface area contributed by atoms with Crippen LogP contribution in [0.1, 0.15) is 17.2 Å². The summed E-state index contributed by atoms with van der Waals surface area (Å²) in [6.45, 7) is 1.42. The van der Waals surface area contributed by atoms with Crippen LogP contribution in [-0.4, -0.2) is 42.9 Å². The lowest BCUT2D eigenvalue weighted by Crippen LogP contribution is -2.52. The molecule has 2 N–H and O–H groups in total. The average molecular weight is 323 g/mol. The van der Waals surface area contributed by atoms with Crippen molar-refractivity contribution in [1.29, 1.82) is 0 Å². The van der Waals surface area contributed by atoms with Crippen molar-refractivity contribution in [3.8, 4) is 0 Å². The largest absolute Gasteiger partial charge is 0.353 e. The number of benzene rings is 2. The first kappa shape index (κ1) is 16.2. The summed E-state index contributed by atoms with van der Waals surface area (Å²) < 4.78 is 0. The quantitative estimate of drug-likeness (QED) is 0.872. The van der Waals surface area contributed by atoms with Crippen molar-refractivity contribution in [1.82, 2.24) is 15.5 Å². The molecule has 1 fully saturated rings. The molecule has 5 heteroatoms. The van der Waals surface area contributed by atoms with Crippen LogP contribution in [-0.2, 0) is 9.59 Å². The Morgan fingerprint density at radius 3 is 2.17 bits per heavy atom.